The fraction of sp³-hybridized carbons (Fsp3) is 0.652. The number of halogens is 3. The highest BCUT2D eigenvalue weighted by atomic mass is 19.4. The summed E-state index contributed by atoms with van der Waals surface area (Å²) in [6, 6.07) is 5.24. The van der Waals surface area contributed by atoms with Crippen molar-refractivity contribution in [3.05, 3.63) is 35.4 Å². The van der Waals surface area contributed by atoms with E-state index in [-0.39, 0.29) is 42.0 Å². The maximum Gasteiger partial charge on any atom is 0.416 e. The smallest absolute Gasteiger partial charge is 0.379 e. The van der Waals surface area contributed by atoms with Crippen LogP contribution in [0, 0.1) is 5.92 Å². The molecule has 0 bridgehead atoms. The monoisotopic (exact) mass is 467 g/mol. The first kappa shape index (κ1) is 22.5. The molecule has 4 heterocycles. The second-order valence-electron chi connectivity index (χ2n) is 9.53. The van der Waals surface area contributed by atoms with Crippen LogP contribution < -0.4 is 5.32 Å². The molecular weight excluding hydrogens is 439 g/mol. The molecule has 33 heavy (non-hydrogen) atoms. The van der Waals surface area contributed by atoms with E-state index >= 15 is 0 Å². The standard InChI is InChI=1S/C23H28F3N3O4/c24-23(25,26)17-3-1-15(2-4-17)22(13-32-14-22)16-5-8-28(9-6-16)21(31)29-10-7-19-18(11-29)27-20(30)12-33-19/h1-4,16,18-19H,5-14H2,(H,27,30)/t18-,19+/m1/s1. The molecule has 2 atom stereocenters. The second-order valence-corrected chi connectivity index (χ2v) is 9.53. The first-order valence-electron chi connectivity index (χ1n) is 11.5. The van der Waals surface area contributed by atoms with E-state index in [9.17, 15) is 22.8 Å². The molecule has 4 aliphatic rings. The Morgan fingerprint density at radius 2 is 1.70 bits per heavy atom. The van der Waals surface area contributed by atoms with Gasteiger partial charge in [-0.05, 0) is 42.9 Å². The number of ether oxygens (including phenoxy) is 2. The molecule has 5 rings (SSSR count). The SMILES string of the molecule is O=C1CO[C@H]2CCN(C(=O)N3CCC(C4(c5ccc(C(F)(F)F)cc5)COC4)CC3)C[C@H]2N1. The van der Waals surface area contributed by atoms with Gasteiger partial charge < -0.3 is 24.6 Å². The van der Waals surface area contributed by atoms with Crippen molar-refractivity contribution in [2.24, 2.45) is 5.92 Å². The van der Waals surface area contributed by atoms with Gasteiger partial charge in [0.15, 0.2) is 0 Å². The fourth-order valence-corrected chi connectivity index (χ4v) is 5.65. The quantitative estimate of drug-likeness (QED) is 0.725. The topological polar surface area (TPSA) is 71.1 Å². The minimum absolute atomic E-state index is 0.0276. The first-order chi connectivity index (χ1) is 15.8. The molecule has 4 saturated heterocycles. The van der Waals surface area contributed by atoms with Gasteiger partial charge in [0.2, 0.25) is 5.91 Å². The molecule has 0 unspecified atom stereocenters. The summed E-state index contributed by atoms with van der Waals surface area (Å²) in [7, 11) is 0. The summed E-state index contributed by atoms with van der Waals surface area (Å²) in [6.45, 7) is 3.29. The van der Waals surface area contributed by atoms with E-state index in [1.54, 1.807) is 17.0 Å². The van der Waals surface area contributed by atoms with Crippen molar-refractivity contribution in [3.8, 4) is 0 Å². The summed E-state index contributed by atoms with van der Waals surface area (Å²) >= 11 is 0. The van der Waals surface area contributed by atoms with Crippen LogP contribution in [0.2, 0.25) is 0 Å². The van der Waals surface area contributed by atoms with Crippen LogP contribution in [0.15, 0.2) is 24.3 Å². The molecule has 0 aliphatic carbocycles. The number of carbonyl (C=O) groups is 2. The average Bonchev–Trinajstić information content (AvgIpc) is 2.77. The lowest BCUT2D eigenvalue weighted by atomic mass is 9.65. The van der Waals surface area contributed by atoms with Gasteiger partial charge in [0, 0.05) is 31.6 Å². The van der Waals surface area contributed by atoms with Crippen molar-refractivity contribution in [3.63, 3.8) is 0 Å². The number of benzene rings is 1. The van der Waals surface area contributed by atoms with Crippen molar-refractivity contribution < 1.29 is 32.2 Å². The second kappa shape index (κ2) is 8.47. The summed E-state index contributed by atoms with van der Waals surface area (Å²) < 4.78 is 50.0. The van der Waals surface area contributed by atoms with Crippen molar-refractivity contribution in [2.45, 2.75) is 43.0 Å². The summed E-state index contributed by atoms with van der Waals surface area (Å²) in [6.07, 6.45) is -2.15. The van der Waals surface area contributed by atoms with E-state index in [1.807, 2.05) is 4.90 Å². The Kier molecular flexibility index (Phi) is 5.76. The summed E-state index contributed by atoms with van der Waals surface area (Å²) in [5.41, 5.74) is -0.0616. The third-order valence-corrected chi connectivity index (χ3v) is 7.65. The number of amides is 3. The summed E-state index contributed by atoms with van der Waals surface area (Å²) in [4.78, 5) is 28.4. The van der Waals surface area contributed by atoms with Crippen LogP contribution in [-0.2, 0) is 25.9 Å². The number of fused-ring (bicyclic) bond motifs is 1. The number of nitrogens with zero attached hydrogens (tertiary/aromatic N) is 2. The molecule has 180 valence electrons. The normalized spacial score (nSPS) is 28.0. The van der Waals surface area contributed by atoms with Gasteiger partial charge in [-0.15, -0.1) is 0 Å². The Hall–Kier alpha value is -2.33. The number of likely N-dealkylation sites (tertiary alicyclic amines) is 2. The Bertz CT molecular complexity index is 895. The zero-order chi connectivity index (χ0) is 23.2. The van der Waals surface area contributed by atoms with Crippen LogP contribution in [0.25, 0.3) is 0 Å². The van der Waals surface area contributed by atoms with E-state index in [0.29, 0.717) is 45.8 Å². The predicted octanol–water partition coefficient (Wildman–Crippen LogP) is 2.39. The van der Waals surface area contributed by atoms with Gasteiger partial charge in [0.25, 0.3) is 0 Å². The number of alkyl halides is 3. The Labute approximate surface area is 190 Å². The number of nitrogens with one attached hydrogen (secondary N) is 1. The first-order valence-corrected chi connectivity index (χ1v) is 11.5. The highest BCUT2D eigenvalue weighted by Crippen LogP contribution is 2.45. The van der Waals surface area contributed by atoms with Crippen molar-refractivity contribution >= 4 is 11.9 Å². The lowest BCUT2D eigenvalue weighted by Crippen LogP contribution is -2.63. The summed E-state index contributed by atoms with van der Waals surface area (Å²) in [5.74, 6) is 0.0893. The van der Waals surface area contributed by atoms with E-state index in [1.165, 1.54) is 0 Å². The zero-order valence-electron chi connectivity index (χ0n) is 18.3. The molecular formula is C23H28F3N3O4. The number of hydrogen-bond donors (Lipinski definition) is 1. The van der Waals surface area contributed by atoms with E-state index in [0.717, 1.165) is 30.5 Å². The van der Waals surface area contributed by atoms with Crippen molar-refractivity contribution in [2.75, 3.05) is 46.0 Å². The molecule has 3 amide bonds. The van der Waals surface area contributed by atoms with Crippen molar-refractivity contribution in [1.82, 2.24) is 15.1 Å². The molecule has 4 aliphatic heterocycles. The van der Waals surface area contributed by atoms with E-state index in [2.05, 4.69) is 5.32 Å². The average molecular weight is 467 g/mol. The number of piperidine rings is 2. The number of urea groups is 1. The molecule has 4 fully saturated rings. The number of rotatable bonds is 2. The van der Waals surface area contributed by atoms with Gasteiger partial charge in [-0.2, -0.15) is 13.2 Å². The zero-order valence-corrected chi connectivity index (χ0v) is 18.3. The van der Waals surface area contributed by atoms with Gasteiger partial charge in [-0.25, -0.2) is 4.79 Å². The Balaban J connectivity index is 1.20. The minimum atomic E-state index is -4.35. The lowest BCUT2D eigenvalue weighted by Gasteiger charge is -2.51. The Morgan fingerprint density at radius 1 is 1.03 bits per heavy atom. The highest BCUT2D eigenvalue weighted by molar-refractivity contribution is 5.79. The van der Waals surface area contributed by atoms with Gasteiger partial charge >= 0.3 is 12.2 Å². The van der Waals surface area contributed by atoms with Crippen LogP contribution in [-0.4, -0.2) is 79.9 Å². The molecule has 0 radical (unpaired) electrons. The van der Waals surface area contributed by atoms with Crippen molar-refractivity contribution in [1.29, 1.82) is 0 Å². The molecule has 0 saturated carbocycles. The van der Waals surface area contributed by atoms with Crippen LogP contribution in [0.4, 0.5) is 18.0 Å². The van der Waals surface area contributed by atoms with Crippen LogP contribution in [0.5, 0.6) is 0 Å². The minimum Gasteiger partial charge on any atom is -0.379 e. The largest absolute Gasteiger partial charge is 0.416 e. The molecule has 1 aromatic rings. The van der Waals surface area contributed by atoms with Crippen LogP contribution >= 0.6 is 0 Å². The molecule has 7 nitrogen and oxygen atoms in total. The number of hydrogen-bond acceptors (Lipinski definition) is 4. The Morgan fingerprint density at radius 3 is 2.30 bits per heavy atom. The third kappa shape index (κ3) is 4.19. The molecule has 0 aromatic heterocycles. The predicted molar refractivity (Wildman–Crippen MR) is 111 cm³/mol. The molecule has 10 heteroatoms. The molecule has 1 N–H and O–H groups in total. The molecule has 0 spiro atoms. The lowest BCUT2D eigenvalue weighted by molar-refractivity contribution is -0.140. The van der Waals surface area contributed by atoms with Gasteiger partial charge in [-0.1, -0.05) is 12.1 Å². The van der Waals surface area contributed by atoms with E-state index < -0.39 is 11.7 Å². The fourth-order valence-electron chi connectivity index (χ4n) is 5.65. The van der Waals surface area contributed by atoms with Crippen LogP contribution in [0.3, 0.4) is 0 Å². The number of morpholine rings is 1. The van der Waals surface area contributed by atoms with E-state index in [4.69, 9.17) is 9.47 Å². The van der Waals surface area contributed by atoms with Gasteiger partial charge in [-0.3, -0.25) is 4.79 Å². The maximum absolute atomic E-state index is 13.1. The summed E-state index contributed by atoms with van der Waals surface area (Å²) in [5, 5.41) is 2.92. The molecule has 1 aromatic carbocycles. The van der Waals surface area contributed by atoms with Gasteiger partial charge in [0.1, 0.15) is 6.61 Å². The van der Waals surface area contributed by atoms with Crippen LogP contribution in [0.1, 0.15) is 30.4 Å². The maximum atomic E-state index is 13.1. The van der Waals surface area contributed by atoms with Gasteiger partial charge in [0.05, 0.1) is 30.9 Å². The highest BCUT2D eigenvalue weighted by Gasteiger charge is 2.48. The number of carbonyl (C=O) groups excluding carboxylic acids is 2. The third-order valence-electron chi connectivity index (χ3n) is 7.65.